The van der Waals surface area contributed by atoms with E-state index in [2.05, 4.69) is 15.5 Å². The van der Waals surface area contributed by atoms with Crippen LogP contribution in [0, 0.1) is 5.92 Å². The first-order chi connectivity index (χ1) is 15.1. The second-order valence-electron chi connectivity index (χ2n) is 9.71. The quantitative estimate of drug-likeness (QED) is 0.646. The first-order valence-corrected chi connectivity index (χ1v) is 12.3. The molecule has 170 valence electrons. The number of amides is 2. The molecule has 1 heterocycles. The SMILES string of the molecule is NC1CCCCC1NC(=O)c1ccc(CN2CCCC2)c(NC(=O)C2CCCCC2)c1. The molecule has 0 radical (unpaired) electrons. The van der Waals surface area contributed by atoms with E-state index in [0.717, 1.165) is 82.3 Å². The van der Waals surface area contributed by atoms with Crippen molar-refractivity contribution in [1.82, 2.24) is 10.2 Å². The summed E-state index contributed by atoms with van der Waals surface area (Å²) in [5, 5.41) is 6.33. The minimum absolute atomic E-state index is 0.0256. The largest absolute Gasteiger partial charge is 0.348 e. The molecular formula is C25H38N4O2. The molecule has 0 spiro atoms. The standard InChI is InChI=1S/C25H38N4O2/c26-21-10-4-5-11-22(21)27-25(31)19-12-13-20(17-29-14-6-7-15-29)23(16-19)28-24(30)18-8-2-1-3-9-18/h12-13,16,18,21-22H,1-11,14-15,17,26H2,(H,27,31)(H,28,30). The van der Waals surface area contributed by atoms with Crippen LogP contribution in [-0.4, -0.2) is 41.9 Å². The van der Waals surface area contributed by atoms with Gasteiger partial charge in [0, 0.05) is 35.8 Å². The zero-order valence-corrected chi connectivity index (χ0v) is 18.7. The fraction of sp³-hybridized carbons (Fsp3) is 0.680. The van der Waals surface area contributed by atoms with Crippen LogP contribution in [0.3, 0.4) is 0 Å². The van der Waals surface area contributed by atoms with Gasteiger partial charge < -0.3 is 16.4 Å². The fourth-order valence-corrected chi connectivity index (χ4v) is 5.34. The maximum absolute atomic E-state index is 13.0. The van der Waals surface area contributed by atoms with Crippen molar-refractivity contribution in [3.05, 3.63) is 29.3 Å². The van der Waals surface area contributed by atoms with Gasteiger partial charge in [-0.25, -0.2) is 0 Å². The molecule has 4 N–H and O–H groups in total. The molecule has 4 rings (SSSR count). The highest BCUT2D eigenvalue weighted by atomic mass is 16.2. The van der Waals surface area contributed by atoms with Crippen molar-refractivity contribution in [3.63, 3.8) is 0 Å². The Morgan fingerprint density at radius 1 is 0.935 bits per heavy atom. The van der Waals surface area contributed by atoms with Gasteiger partial charge in [0.25, 0.3) is 5.91 Å². The molecule has 2 saturated carbocycles. The van der Waals surface area contributed by atoms with Crippen molar-refractivity contribution in [2.24, 2.45) is 11.7 Å². The van der Waals surface area contributed by atoms with Gasteiger partial charge in [-0.05, 0) is 69.3 Å². The Morgan fingerprint density at radius 3 is 2.39 bits per heavy atom. The van der Waals surface area contributed by atoms with E-state index < -0.39 is 0 Å². The number of likely N-dealkylation sites (tertiary alicyclic amines) is 1. The number of hydrogen-bond acceptors (Lipinski definition) is 4. The average Bonchev–Trinajstić information content (AvgIpc) is 3.30. The third kappa shape index (κ3) is 5.86. The van der Waals surface area contributed by atoms with Crippen molar-refractivity contribution in [1.29, 1.82) is 0 Å². The molecule has 1 aromatic rings. The van der Waals surface area contributed by atoms with E-state index in [1.54, 1.807) is 0 Å². The van der Waals surface area contributed by atoms with E-state index in [4.69, 9.17) is 5.73 Å². The highest BCUT2D eigenvalue weighted by Gasteiger charge is 2.25. The molecule has 0 bridgehead atoms. The van der Waals surface area contributed by atoms with Crippen LogP contribution in [0.25, 0.3) is 0 Å². The maximum atomic E-state index is 13.0. The van der Waals surface area contributed by atoms with E-state index in [1.807, 2.05) is 18.2 Å². The lowest BCUT2D eigenvalue weighted by Crippen LogP contribution is -2.49. The summed E-state index contributed by atoms with van der Waals surface area (Å²) in [7, 11) is 0. The van der Waals surface area contributed by atoms with Crippen molar-refractivity contribution in [3.8, 4) is 0 Å². The number of hydrogen-bond donors (Lipinski definition) is 3. The summed E-state index contributed by atoms with van der Waals surface area (Å²) in [6.45, 7) is 3.01. The number of anilines is 1. The monoisotopic (exact) mass is 426 g/mol. The van der Waals surface area contributed by atoms with Crippen LogP contribution in [-0.2, 0) is 11.3 Å². The second kappa shape index (κ2) is 10.6. The third-order valence-corrected chi connectivity index (χ3v) is 7.33. The zero-order valence-electron chi connectivity index (χ0n) is 18.7. The van der Waals surface area contributed by atoms with Gasteiger partial charge in [-0.3, -0.25) is 14.5 Å². The Kier molecular flexibility index (Phi) is 7.62. The van der Waals surface area contributed by atoms with Gasteiger partial charge in [0.2, 0.25) is 5.91 Å². The molecule has 31 heavy (non-hydrogen) atoms. The highest BCUT2D eigenvalue weighted by molar-refractivity contribution is 5.98. The molecule has 2 amide bonds. The van der Waals surface area contributed by atoms with Crippen LogP contribution < -0.4 is 16.4 Å². The van der Waals surface area contributed by atoms with Gasteiger partial charge >= 0.3 is 0 Å². The Labute approximate surface area is 186 Å². The van der Waals surface area contributed by atoms with Gasteiger partial charge in [-0.2, -0.15) is 0 Å². The molecular weight excluding hydrogens is 388 g/mol. The van der Waals surface area contributed by atoms with E-state index in [0.29, 0.717) is 5.56 Å². The number of benzene rings is 1. The first kappa shape index (κ1) is 22.3. The highest BCUT2D eigenvalue weighted by Crippen LogP contribution is 2.27. The Balaban J connectivity index is 1.50. The molecule has 2 atom stereocenters. The number of carbonyl (C=O) groups excluding carboxylic acids is 2. The average molecular weight is 427 g/mol. The van der Waals surface area contributed by atoms with Gasteiger partial charge in [0.15, 0.2) is 0 Å². The molecule has 6 heteroatoms. The summed E-state index contributed by atoms with van der Waals surface area (Å²) in [6, 6.07) is 5.84. The zero-order chi connectivity index (χ0) is 21.6. The normalized spacial score (nSPS) is 25.3. The number of nitrogens with zero attached hydrogens (tertiary/aromatic N) is 1. The lowest BCUT2D eigenvalue weighted by atomic mass is 9.88. The van der Waals surface area contributed by atoms with E-state index in [-0.39, 0.29) is 29.8 Å². The number of rotatable bonds is 6. The van der Waals surface area contributed by atoms with Gasteiger partial charge in [-0.1, -0.05) is 38.2 Å². The molecule has 3 aliphatic rings. The minimum Gasteiger partial charge on any atom is -0.348 e. The van der Waals surface area contributed by atoms with Crippen LogP contribution in [0.5, 0.6) is 0 Å². The predicted molar refractivity (Wildman–Crippen MR) is 124 cm³/mol. The summed E-state index contributed by atoms with van der Waals surface area (Å²) in [6.07, 6.45) is 12.0. The van der Waals surface area contributed by atoms with Crippen LogP contribution in [0.2, 0.25) is 0 Å². The van der Waals surface area contributed by atoms with E-state index in [1.165, 1.54) is 19.3 Å². The van der Waals surface area contributed by atoms with E-state index in [9.17, 15) is 9.59 Å². The molecule has 0 aromatic heterocycles. The molecule has 2 unspecified atom stereocenters. The number of nitrogens with one attached hydrogen (secondary N) is 2. The second-order valence-corrected chi connectivity index (χ2v) is 9.71. The molecule has 1 aromatic carbocycles. The smallest absolute Gasteiger partial charge is 0.251 e. The Morgan fingerprint density at radius 2 is 1.65 bits per heavy atom. The molecule has 2 aliphatic carbocycles. The summed E-state index contributed by atoms with van der Waals surface area (Å²) >= 11 is 0. The van der Waals surface area contributed by atoms with Crippen molar-refractivity contribution in [2.45, 2.75) is 89.3 Å². The summed E-state index contributed by atoms with van der Waals surface area (Å²) in [4.78, 5) is 28.3. The lowest BCUT2D eigenvalue weighted by Gasteiger charge is -2.29. The summed E-state index contributed by atoms with van der Waals surface area (Å²) in [5.41, 5.74) is 8.71. The van der Waals surface area contributed by atoms with Crippen LogP contribution >= 0.6 is 0 Å². The fourth-order valence-electron chi connectivity index (χ4n) is 5.34. The summed E-state index contributed by atoms with van der Waals surface area (Å²) in [5.74, 6) is 0.101. The Bertz CT molecular complexity index is 769. The van der Waals surface area contributed by atoms with Gasteiger partial charge in [0.1, 0.15) is 0 Å². The van der Waals surface area contributed by atoms with Gasteiger partial charge in [0.05, 0.1) is 0 Å². The van der Waals surface area contributed by atoms with Crippen molar-refractivity contribution < 1.29 is 9.59 Å². The van der Waals surface area contributed by atoms with Crippen LogP contribution in [0.1, 0.15) is 86.6 Å². The lowest BCUT2D eigenvalue weighted by molar-refractivity contribution is -0.120. The van der Waals surface area contributed by atoms with Gasteiger partial charge in [-0.15, -0.1) is 0 Å². The van der Waals surface area contributed by atoms with E-state index >= 15 is 0 Å². The Hall–Kier alpha value is -1.92. The van der Waals surface area contributed by atoms with Crippen molar-refractivity contribution >= 4 is 17.5 Å². The van der Waals surface area contributed by atoms with Crippen LogP contribution in [0.15, 0.2) is 18.2 Å². The van der Waals surface area contributed by atoms with Crippen molar-refractivity contribution in [2.75, 3.05) is 18.4 Å². The number of nitrogens with two attached hydrogens (primary N) is 1. The third-order valence-electron chi connectivity index (χ3n) is 7.33. The summed E-state index contributed by atoms with van der Waals surface area (Å²) < 4.78 is 0. The maximum Gasteiger partial charge on any atom is 0.251 e. The topological polar surface area (TPSA) is 87.5 Å². The predicted octanol–water partition coefficient (Wildman–Crippen LogP) is 3.80. The van der Waals surface area contributed by atoms with Crippen LogP contribution in [0.4, 0.5) is 5.69 Å². The molecule has 6 nitrogen and oxygen atoms in total. The molecule has 1 aliphatic heterocycles. The first-order valence-electron chi connectivity index (χ1n) is 12.3. The molecule has 3 fully saturated rings. The molecule has 1 saturated heterocycles. The minimum atomic E-state index is -0.0942. The number of carbonyl (C=O) groups is 2.